The van der Waals surface area contributed by atoms with Gasteiger partial charge in [0.1, 0.15) is 0 Å². The predicted molar refractivity (Wildman–Crippen MR) is 114 cm³/mol. The van der Waals surface area contributed by atoms with Gasteiger partial charge in [-0.3, -0.25) is 4.90 Å². The molecule has 1 N–H and O–H groups in total. The Balaban J connectivity index is 1.35. The average Bonchev–Trinajstić information content (AvgIpc) is 2.73. The Morgan fingerprint density at radius 2 is 1.59 bits per heavy atom. The molecule has 2 nitrogen and oxygen atoms in total. The molecular weight excluding hydrogens is 328 g/mol. The largest absolute Gasteiger partial charge is 0.311 e. The third-order valence-corrected chi connectivity index (χ3v) is 6.54. The van der Waals surface area contributed by atoms with Gasteiger partial charge in [-0.2, -0.15) is 0 Å². The number of rotatable bonds is 7. The van der Waals surface area contributed by atoms with Crippen molar-refractivity contribution in [2.45, 2.75) is 64.1 Å². The minimum atomic E-state index is 0.724. The molecule has 1 aliphatic carbocycles. The van der Waals surface area contributed by atoms with Crippen molar-refractivity contribution in [3.05, 3.63) is 71.3 Å². The molecule has 2 aromatic rings. The van der Waals surface area contributed by atoms with Crippen LogP contribution in [0.5, 0.6) is 0 Å². The van der Waals surface area contributed by atoms with Crippen LogP contribution in [-0.4, -0.2) is 24.0 Å². The standard InChI is InChI=1S/C25H34N2/c1-3-9-21(10-4-1)17-25-18-23-13-7-8-14-24(23)20-27(25)16-15-26-19-22-11-5-2-6-12-22/h2,5-8,11-14,21,25-26H,1,3-4,9-10,15-20H2. The van der Waals surface area contributed by atoms with Crippen LogP contribution in [0, 0.1) is 5.92 Å². The third-order valence-electron chi connectivity index (χ3n) is 6.54. The Labute approximate surface area is 165 Å². The SMILES string of the molecule is c1ccc(CNCCN2Cc3ccccc3CC2CC2CCCCC2)cc1. The van der Waals surface area contributed by atoms with Gasteiger partial charge in [0.25, 0.3) is 0 Å². The second kappa shape index (κ2) is 9.52. The van der Waals surface area contributed by atoms with Gasteiger partial charge in [0.05, 0.1) is 0 Å². The van der Waals surface area contributed by atoms with Crippen LogP contribution in [0.15, 0.2) is 54.6 Å². The first-order chi connectivity index (χ1) is 13.4. The molecule has 1 unspecified atom stereocenters. The lowest BCUT2D eigenvalue weighted by molar-refractivity contribution is 0.136. The molecule has 2 heteroatoms. The maximum atomic E-state index is 3.66. The normalized spacial score (nSPS) is 21.1. The van der Waals surface area contributed by atoms with E-state index < -0.39 is 0 Å². The van der Waals surface area contributed by atoms with Gasteiger partial charge in [0.2, 0.25) is 0 Å². The molecule has 144 valence electrons. The second-order valence-electron chi connectivity index (χ2n) is 8.50. The van der Waals surface area contributed by atoms with Crippen LogP contribution in [0.2, 0.25) is 0 Å². The van der Waals surface area contributed by atoms with E-state index in [2.05, 4.69) is 64.8 Å². The first kappa shape index (κ1) is 18.7. The van der Waals surface area contributed by atoms with Crippen LogP contribution in [0.1, 0.15) is 55.2 Å². The summed E-state index contributed by atoms with van der Waals surface area (Å²) in [5, 5.41) is 3.66. The van der Waals surface area contributed by atoms with E-state index in [4.69, 9.17) is 0 Å². The summed E-state index contributed by atoms with van der Waals surface area (Å²) in [5.41, 5.74) is 4.51. The van der Waals surface area contributed by atoms with E-state index in [1.165, 1.54) is 50.5 Å². The van der Waals surface area contributed by atoms with Crippen LogP contribution in [0.4, 0.5) is 0 Å². The minimum absolute atomic E-state index is 0.724. The third kappa shape index (κ3) is 5.21. The maximum absolute atomic E-state index is 3.66. The molecule has 0 radical (unpaired) electrons. The van der Waals surface area contributed by atoms with Gasteiger partial charge in [-0.15, -0.1) is 0 Å². The van der Waals surface area contributed by atoms with Gasteiger partial charge in [0, 0.05) is 32.2 Å². The zero-order valence-electron chi connectivity index (χ0n) is 16.6. The molecule has 2 aromatic carbocycles. The van der Waals surface area contributed by atoms with Crippen LogP contribution in [0.3, 0.4) is 0 Å². The van der Waals surface area contributed by atoms with Crippen LogP contribution in [-0.2, 0) is 19.5 Å². The molecule has 1 saturated carbocycles. The first-order valence-corrected chi connectivity index (χ1v) is 10.9. The van der Waals surface area contributed by atoms with Crippen molar-refractivity contribution in [2.75, 3.05) is 13.1 Å². The summed E-state index contributed by atoms with van der Waals surface area (Å²) in [6.45, 7) is 4.32. The summed E-state index contributed by atoms with van der Waals surface area (Å²) in [6.07, 6.45) is 9.91. The molecule has 0 aromatic heterocycles. The van der Waals surface area contributed by atoms with Crippen molar-refractivity contribution in [3.63, 3.8) is 0 Å². The van der Waals surface area contributed by atoms with Gasteiger partial charge >= 0.3 is 0 Å². The molecule has 0 saturated heterocycles. The molecular formula is C25H34N2. The highest BCUT2D eigenvalue weighted by Gasteiger charge is 2.28. The first-order valence-electron chi connectivity index (χ1n) is 10.9. The fourth-order valence-corrected chi connectivity index (χ4v) is 4.99. The fraction of sp³-hybridized carbons (Fsp3) is 0.520. The summed E-state index contributed by atoms with van der Waals surface area (Å²) in [7, 11) is 0. The highest BCUT2D eigenvalue weighted by Crippen LogP contribution is 2.32. The monoisotopic (exact) mass is 362 g/mol. The van der Waals surface area contributed by atoms with E-state index in [-0.39, 0.29) is 0 Å². The van der Waals surface area contributed by atoms with E-state index in [0.29, 0.717) is 0 Å². The Hall–Kier alpha value is -1.64. The summed E-state index contributed by atoms with van der Waals surface area (Å²) in [6, 6.07) is 20.6. The summed E-state index contributed by atoms with van der Waals surface area (Å²) < 4.78 is 0. The van der Waals surface area contributed by atoms with E-state index in [1.54, 1.807) is 11.1 Å². The van der Waals surface area contributed by atoms with E-state index in [0.717, 1.165) is 38.1 Å². The van der Waals surface area contributed by atoms with Gasteiger partial charge in [-0.1, -0.05) is 86.7 Å². The predicted octanol–water partition coefficient (Wildman–Crippen LogP) is 5.17. The molecule has 1 atom stereocenters. The molecule has 0 amide bonds. The number of nitrogens with one attached hydrogen (secondary N) is 1. The molecule has 4 rings (SSSR count). The van der Waals surface area contributed by atoms with Crippen molar-refractivity contribution in [2.24, 2.45) is 5.92 Å². The lowest BCUT2D eigenvalue weighted by Crippen LogP contribution is -2.44. The summed E-state index contributed by atoms with van der Waals surface area (Å²) >= 11 is 0. The lowest BCUT2D eigenvalue weighted by atomic mass is 9.81. The molecule has 0 spiro atoms. The molecule has 1 heterocycles. The highest BCUT2D eigenvalue weighted by atomic mass is 15.2. The second-order valence-corrected chi connectivity index (χ2v) is 8.50. The average molecular weight is 363 g/mol. The minimum Gasteiger partial charge on any atom is -0.311 e. The molecule has 2 aliphatic rings. The van der Waals surface area contributed by atoms with Gasteiger partial charge in [0.15, 0.2) is 0 Å². The number of hydrogen-bond acceptors (Lipinski definition) is 2. The van der Waals surface area contributed by atoms with Crippen molar-refractivity contribution >= 4 is 0 Å². The number of hydrogen-bond donors (Lipinski definition) is 1. The zero-order valence-corrected chi connectivity index (χ0v) is 16.6. The van der Waals surface area contributed by atoms with Gasteiger partial charge in [-0.25, -0.2) is 0 Å². The Kier molecular flexibility index (Phi) is 6.60. The van der Waals surface area contributed by atoms with E-state index >= 15 is 0 Å². The van der Waals surface area contributed by atoms with Crippen molar-refractivity contribution < 1.29 is 0 Å². The zero-order chi connectivity index (χ0) is 18.3. The van der Waals surface area contributed by atoms with Gasteiger partial charge < -0.3 is 5.32 Å². The topological polar surface area (TPSA) is 15.3 Å². The Morgan fingerprint density at radius 3 is 2.41 bits per heavy atom. The maximum Gasteiger partial charge on any atom is 0.0240 e. The Morgan fingerprint density at radius 1 is 0.852 bits per heavy atom. The highest BCUT2D eigenvalue weighted by molar-refractivity contribution is 5.30. The number of benzene rings is 2. The van der Waals surface area contributed by atoms with E-state index in [1.807, 2.05) is 0 Å². The molecule has 1 aliphatic heterocycles. The van der Waals surface area contributed by atoms with Crippen molar-refractivity contribution in [3.8, 4) is 0 Å². The molecule has 27 heavy (non-hydrogen) atoms. The summed E-state index contributed by atoms with van der Waals surface area (Å²) in [5.74, 6) is 0.953. The van der Waals surface area contributed by atoms with Crippen molar-refractivity contribution in [1.82, 2.24) is 10.2 Å². The lowest BCUT2D eigenvalue weighted by Gasteiger charge is -2.39. The number of fused-ring (bicyclic) bond motifs is 1. The van der Waals surface area contributed by atoms with Crippen LogP contribution in [0.25, 0.3) is 0 Å². The van der Waals surface area contributed by atoms with Gasteiger partial charge in [-0.05, 0) is 35.4 Å². The van der Waals surface area contributed by atoms with Crippen LogP contribution < -0.4 is 5.32 Å². The Bertz CT molecular complexity index is 690. The smallest absolute Gasteiger partial charge is 0.0240 e. The van der Waals surface area contributed by atoms with E-state index in [9.17, 15) is 0 Å². The molecule has 0 bridgehead atoms. The number of nitrogens with zero attached hydrogens (tertiary/aromatic N) is 1. The van der Waals surface area contributed by atoms with Crippen LogP contribution >= 0.6 is 0 Å². The fourth-order valence-electron chi connectivity index (χ4n) is 4.99. The molecule has 1 fully saturated rings. The van der Waals surface area contributed by atoms with Crippen molar-refractivity contribution in [1.29, 1.82) is 0 Å². The summed E-state index contributed by atoms with van der Waals surface area (Å²) in [4.78, 5) is 2.76. The quantitative estimate of drug-likeness (QED) is 0.683.